The zero-order valence-corrected chi connectivity index (χ0v) is 11.8. The fourth-order valence-electron chi connectivity index (χ4n) is 3.77. The highest BCUT2D eigenvalue weighted by Crippen LogP contribution is 2.45. The maximum absolute atomic E-state index is 11.9. The first-order valence-electron chi connectivity index (χ1n) is 6.60. The first kappa shape index (κ1) is 12.1. The minimum absolute atomic E-state index is 0.123. The Morgan fingerprint density at radius 2 is 2.17 bits per heavy atom. The summed E-state index contributed by atoms with van der Waals surface area (Å²) in [6.07, 6.45) is 3.77. The van der Waals surface area contributed by atoms with Crippen LogP contribution in [0.3, 0.4) is 0 Å². The van der Waals surface area contributed by atoms with Gasteiger partial charge in [-0.1, -0.05) is 13.0 Å². The monoisotopic (exact) mass is 261 g/mol. The molecular weight excluding hydrogens is 242 g/mol. The van der Waals surface area contributed by atoms with Crippen LogP contribution in [0, 0.1) is 0 Å². The van der Waals surface area contributed by atoms with Crippen molar-refractivity contribution in [3.8, 4) is 0 Å². The van der Waals surface area contributed by atoms with Crippen molar-refractivity contribution in [3.63, 3.8) is 0 Å². The van der Waals surface area contributed by atoms with Crippen LogP contribution >= 0.6 is 12.6 Å². The zero-order chi connectivity index (χ0) is 12.9. The lowest BCUT2D eigenvalue weighted by molar-refractivity contribution is -0.138. The number of likely N-dealkylation sites (tertiary alicyclic amines) is 1. The van der Waals surface area contributed by atoms with E-state index < -0.39 is 0 Å². The summed E-state index contributed by atoms with van der Waals surface area (Å²) in [6.45, 7) is 2.32. The van der Waals surface area contributed by atoms with Crippen molar-refractivity contribution in [2.24, 2.45) is 0 Å². The summed E-state index contributed by atoms with van der Waals surface area (Å²) < 4.78 is 0. The summed E-state index contributed by atoms with van der Waals surface area (Å²) in [5, 5.41) is 0. The first-order chi connectivity index (χ1) is 8.52. The van der Waals surface area contributed by atoms with Gasteiger partial charge in [-0.05, 0) is 42.5 Å². The van der Waals surface area contributed by atoms with Crippen LogP contribution in [0.4, 0.5) is 0 Å². The van der Waals surface area contributed by atoms with Gasteiger partial charge in [-0.25, -0.2) is 0 Å². The topological polar surface area (TPSA) is 20.3 Å². The summed E-state index contributed by atoms with van der Waals surface area (Å²) >= 11 is 4.43. The van der Waals surface area contributed by atoms with Gasteiger partial charge in [0.05, 0.1) is 0 Å². The minimum Gasteiger partial charge on any atom is -0.342 e. The molecule has 96 valence electrons. The second-order valence-electron chi connectivity index (χ2n) is 5.82. The molecule has 1 aromatic carbocycles. The molecular formula is C15H19NOS. The van der Waals surface area contributed by atoms with Crippen LogP contribution in [-0.2, 0) is 16.6 Å². The molecule has 0 saturated carbocycles. The molecule has 1 fully saturated rings. The third-order valence-corrected chi connectivity index (χ3v) is 5.12. The molecule has 0 spiro atoms. The predicted octanol–water partition coefficient (Wildman–Crippen LogP) is 2.80. The van der Waals surface area contributed by atoms with Crippen LogP contribution in [0.2, 0.25) is 0 Å². The van der Waals surface area contributed by atoms with Crippen LogP contribution in [0.15, 0.2) is 23.1 Å². The van der Waals surface area contributed by atoms with E-state index in [-0.39, 0.29) is 5.41 Å². The lowest BCUT2D eigenvalue weighted by Crippen LogP contribution is -2.56. The highest BCUT2D eigenvalue weighted by molar-refractivity contribution is 7.80. The van der Waals surface area contributed by atoms with Gasteiger partial charge in [0.1, 0.15) is 0 Å². The molecule has 0 radical (unpaired) electrons. The molecule has 3 rings (SSSR count). The molecule has 1 heterocycles. The van der Waals surface area contributed by atoms with E-state index in [1.807, 2.05) is 11.9 Å². The number of aryl methyl sites for hydroxylation is 1. The molecule has 1 aromatic rings. The smallest absolute Gasteiger partial charge is 0.222 e. The van der Waals surface area contributed by atoms with Crippen molar-refractivity contribution in [1.29, 1.82) is 0 Å². The van der Waals surface area contributed by atoms with E-state index in [1.54, 1.807) is 0 Å². The number of hydrogen-bond donors (Lipinski definition) is 1. The zero-order valence-electron chi connectivity index (χ0n) is 10.9. The Balaban J connectivity index is 2.09. The summed E-state index contributed by atoms with van der Waals surface area (Å²) in [6, 6.07) is 6.84. The van der Waals surface area contributed by atoms with Gasteiger partial charge in [0, 0.05) is 29.8 Å². The van der Waals surface area contributed by atoms with E-state index in [2.05, 4.69) is 37.8 Å². The van der Waals surface area contributed by atoms with Gasteiger partial charge >= 0.3 is 0 Å². The average molecular weight is 261 g/mol. The summed E-state index contributed by atoms with van der Waals surface area (Å²) in [7, 11) is 1.96. The summed E-state index contributed by atoms with van der Waals surface area (Å²) in [4.78, 5) is 14.9. The molecule has 1 saturated heterocycles. The third-order valence-electron chi connectivity index (χ3n) is 4.85. The number of thiol groups is 1. The van der Waals surface area contributed by atoms with Crippen molar-refractivity contribution in [3.05, 3.63) is 29.3 Å². The largest absolute Gasteiger partial charge is 0.342 e. The molecule has 2 aliphatic rings. The molecule has 3 heteroatoms. The first-order valence-corrected chi connectivity index (χ1v) is 7.05. The van der Waals surface area contributed by atoms with Crippen LogP contribution in [0.25, 0.3) is 0 Å². The number of carbonyl (C=O) groups is 1. The average Bonchev–Trinajstić information content (AvgIpc) is 2.34. The fraction of sp³-hybridized carbons (Fsp3) is 0.533. The third kappa shape index (κ3) is 1.60. The van der Waals surface area contributed by atoms with Gasteiger partial charge in [-0.2, -0.15) is 0 Å². The second kappa shape index (κ2) is 4.02. The van der Waals surface area contributed by atoms with Crippen LogP contribution in [0.1, 0.15) is 37.3 Å². The Bertz CT molecular complexity index is 513. The molecule has 1 aliphatic heterocycles. The number of piperidine rings is 1. The second-order valence-corrected chi connectivity index (χ2v) is 6.33. The molecule has 18 heavy (non-hydrogen) atoms. The van der Waals surface area contributed by atoms with Gasteiger partial charge in [-0.3, -0.25) is 4.79 Å². The van der Waals surface area contributed by atoms with Crippen LogP contribution in [0.5, 0.6) is 0 Å². The van der Waals surface area contributed by atoms with E-state index in [0.29, 0.717) is 18.4 Å². The van der Waals surface area contributed by atoms with Crippen LogP contribution in [-0.4, -0.2) is 23.9 Å². The van der Waals surface area contributed by atoms with Crippen molar-refractivity contribution in [1.82, 2.24) is 4.90 Å². The van der Waals surface area contributed by atoms with Gasteiger partial charge < -0.3 is 4.90 Å². The standard InChI is InChI=1S/C15H19NOS/c1-15-8-7-14(17)16(2)13(15)6-3-10-9-11(18)4-5-12(10)15/h4-5,9,13,18H,3,6-8H2,1-2H3/t13?,15-/m1/s1. The normalized spacial score (nSPS) is 30.9. The molecule has 1 unspecified atom stereocenters. The number of amides is 1. The number of benzene rings is 1. The number of rotatable bonds is 0. The Morgan fingerprint density at radius 3 is 2.94 bits per heavy atom. The molecule has 2 nitrogen and oxygen atoms in total. The Labute approximate surface area is 114 Å². The van der Waals surface area contributed by atoms with E-state index in [0.717, 1.165) is 24.2 Å². The Kier molecular flexibility index (Phi) is 2.70. The van der Waals surface area contributed by atoms with Crippen molar-refractivity contribution < 1.29 is 4.79 Å². The van der Waals surface area contributed by atoms with Gasteiger partial charge in [0.25, 0.3) is 0 Å². The molecule has 0 bridgehead atoms. The van der Waals surface area contributed by atoms with Crippen molar-refractivity contribution in [2.45, 2.75) is 49.0 Å². The fourth-order valence-corrected chi connectivity index (χ4v) is 4.00. The highest BCUT2D eigenvalue weighted by Gasteiger charge is 2.46. The predicted molar refractivity (Wildman–Crippen MR) is 75.2 cm³/mol. The molecule has 0 aromatic heterocycles. The summed E-state index contributed by atoms with van der Waals surface area (Å²) in [5.41, 5.74) is 2.97. The highest BCUT2D eigenvalue weighted by atomic mass is 32.1. The van der Waals surface area contributed by atoms with E-state index >= 15 is 0 Å². The number of hydrogen-bond acceptors (Lipinski definition) is 2. The van der Waals surface area contributed by atoms with E-state index in [4.69, 9.17) is 0 Å². The van der Waals surface area contributed by atoms with Gasteiger partial charge in [-0.15, -0.1) is 12.6 Å². The van der Waals surface area contributed by atoms with Crippen LogP contribution < -0.4 is 0 Å². The number of nitrogens with zero attached hydrogens (tertiary/aromatic N) is 1. The lowest BCUT2D eigenvalue weighted by atomic mass is 9.63. The van der Waals surface area contributed by atoms with Crippen molar-refractivity contribution in [2.75, 3.05) is 7.05 Å². The Morgan fingerprint density at radius 1 is 1.39 bits per heavy atom. The maximum Gasteiger partial charge on any atom is 0.222 e. The number of fused-ring (bicyclic) bond motifs is 3. The minimum atomic E-state index is 0.123. The number of likely N-dealkylation sites (N-methyl/N-ethyl adjacent to an activating group) is 1. The van der Waals surface area contributed by atoms with E-state index in [1.165, 1.54) is 11.1 Å². The summed E-state index contributed by atoms with van der Waals surface area (Å²) in [5.74, 6) is 0.298. The lowest BCUT2D eigenvalue weighted by Gasteiger charge is -2.50. The Hall–Kier alpha value is -0.960. The SMILES string of the molecule is CN1C(=O)CC[C@]2(C)c3ccc(S)cc3CCC12. The molecule has 1 amide bonds. The molecule has 0 N–H and O–H groups in total. The maximum atomic E-state index is 11.9. The number of carbonyl (C=O) groups excluding carboxylic acids is 1. The van der Waals surface area contributed by atoms with Gasteiger partial charge in [0.15, 0.2) is 0 Å². The van der Waals surface area contributed by atoms with Crippen molar-refractivity contribution >= 4 is 18.5 Å². The molecule has 1 aliphatic carbocycles. The molecule has 2 atom stereocenters. The van der Waals surface area contributed by atoms with E-state index in [9.17, 15) is 4.79 Å². The quantitative estimate of drug-likeness (QED) is 0.712. The van der Waals surface area contributed by atoms with Gasteiger partial charge in [0.2, 0.25) is 5.91 Å².